The average molecular weight is 384 g/mol. The SMILES string of the molecule is C=CCN1C(=O)CSc2cnn(CC(=O)Nc3cc(C)cc(C)c3)c(=O)c21. The van der Waals surface area contributed by atoms with Gasteiger partial charge in [0.2, 0.25) is 11.8 Å². The summed E-state index contributed by atoms with van der Waals surface area (Å²) < 4.78 is 1.08. The zero-order valence-electron chi connectivity index (χ0n) is 15.2. The molecular weight excluding hydrogens is 364 g/mol. The standard InChI is InChI=1S/C19H20N4O3S/c1-4-5-22-17(25)11-27-15-9-20-23(19(26)18(15)22)10-16(24)21-14-7-12(2)6-13(3)8-14/h4,6-9H,1,5,10-11H2,2-3H3,(H,21,24). The molecule has 1 aromatic heterocycles. The second-order valence-corrected chi connectivity index (χ2v) is 7.34. The van der Waals surface area contributed by atoms with Gasteiger partial charge in [-0.05, 0) is 37.1 Å². The molecule has 8 heteroatoms. The number of aryl methyl sites for hydroxylation is 2. The number of hydrogen-bond donors (Lipinski definition) is 1. The van der Waals surface area contributed by atoms with E-state index in [0.717, 1.165) is 15.8 Å². The molecule has 0 unspecified atom stereocenters. The van der Waals surface area contributed by atoms with Crippen LogP contribution < -0.4 is 15.8 Å². The summed E-state index contributed by atoms with van der Waals surface area (Å²) in [6.07, 6.45) is 3.09. The largest absolute Gasteiger partial charge is 0.324 e. The van der Waals surface area contributed by atoms with Crippen LogP contribution in [-0.4, -0.2) is 33.9 Å². The Morgan fingerprint density at radius 3 is 2.67 bits per heavy atom. The van der Waals surface area contributed by atoms with E-state index >= 15 is 0 Å². The first kappa shape index (κ1) is 18.9. The van der Waals surface area contributed by atoms with E-state index in [2.05, 4.69) is 17.0 Å². The molecule has 2 aromatic rings. The molecule has 140 valence electrons. The van der Waals surface area contributed by atoms with Crippen LogP contribution in [0.1, 0.15) is 11.1 Å². The van der Waals surface area contributed by atoms with E-state index in [0.29, 0.717) is 10.6 Å². The van der Waals surface area contributed by atoms with Crippen LogP contribution in [0.25, 0.3) is 0 Å². The first-order valence-electron chi connectivity index (χ1n) is 8.41. The van der Waals surface area contributed by atoms with Crippen molar-refractivity contribution in [1.82, 2.24) is 9.78 Å². The number of rotatable bonds is 5. The predicted molar refractivity (Wildman–Crippen MR) is 106 cm³/mol. The highest BCUT2D eigenvalue weighted by Crippen LogP contribution is 2.31. The van der Waals surface area contributed by atoms with Crippen LogP contribution in [0, 0.1) is 13.8 Å². The lowest BCUT2D eigenvalue weighted by molar-refractivity contribution is -0.117. The monoisotopic (exact) mass is 384 g/mol. The quantitative estimate of drug-likeness (QED) is 0.799. The fourth-order valence-electron chi connectivity index (χ4n) is 2.98. The minimum Gasteiger partial charge on any atom is -0.324 e. The van der Waals surface area contributed by atoms with Gasteiger partial charge in [0.15, 0.2) is 0 Å². The van der Waals surface area contributed by atoms with Gasteiger partial charge in [-0.3, -0.25) is 14.4 Å². The number of benzene rings is 1. The first-order valence-corrected chi connectivity index (χ1v) is 9.40. The van der Waals surface area contributed by atoms with E-state index in [9.17, 15) is 14.4 Å². The van der Waals surface area contributed by atoms with Gasteiger partial charge in [-0.25, -0.2) is 4.68 Å². The van der Waals surface area contributed by atoms with Gasteiger partial charge in [0.05, 0.1) is 16.8 Å². The van der Waals surface area contributed by atoms with Crippen LogP contribution in [0.15, 0.2) is 46.7 Å². The molecule has 7 nitrogen and oxygen atoms in total. The molecule has 1 aliphatic rings. The normalized spacial score (nSPS) is 13.3. The lowest BCUT2D eigenvalue weighted by Crippen LogP contribution is -2.42. The molecule has 0 bridgehead atoms. The summed E-state index contributed by atoms with van der Waals surface area (Å²) in [5.74, 6) is -0.277. The maximum Gasteiger partial charge on any atom is 0.292 e. The summed E-state index contributed by atoms with van der Waals surface area (Å²) in [6.45, 7) is 7.53. The molecule has 0 spiro atoms. The van der Waals surface area contributed by atoms with E-state index in [1.54, 1.807) is 6.08 Å². The highest BCUT2D eigenvalue weighted by Gasteiger charge is 2.28. The van der Waals surface area contributed by atoms with Crippen molar-refractivity contribution in [2.24, 2.45) is 0 Å². The summed E-state index contributed by atoms with van der Waals surface area (Å²) in [5.41, 5.74) is 2.52. The lowest BCUT2D eigenvalue weighted by Gasteiger charge is -2.27. The molecule has 0 radical (unpaired) electrons. The molecule has 2 amide bonds. The van der Waals surface area contributed by atoms with E-state index in [4.69, 9.17) is 0 Å². The van der Waals surface area contributed by atoms with Crippen LogP contribution >= 0.6 is 11.8 Å². The molecule has 1 N–H and O–H groups in total. The highest BCUT2D eigenvalue weighted by atomic mass is 32.2. The maximum absolute atomic E-state index is 12.8. The smallest absolute Gasteiger partial charge is 0.292 e. The molecule has 3 rings (SSSR count). The Labute approximate surface area is 161 Å². The van der Waals surface area contributed by atoms with Gasteiger partial charge in [-0.15, -0.1) is 18.3 Å². The first-order chi connectivity index (χ1) is 12.9. The third-order valence-electron chi connectivity index (χ3n) is 4.02. The van der Waals surface area contributed by atoms with Crippen molar-refractivity contribution in [3.05, 3.63) is 58.5 Å². The van der Waals surface area contributed by atoms with Crippen molar-refractivity contribution in [3.63, 3.8) is 0 Å². The number of amides is 2. The van der Waals surface area contributed by atoms with Gasteiger partial charge < -0.3 is 10.2 Å². The fourth-order valence-corrected chi connectivity index (χ4v) is 3.87. The number of hydrogen-bond acceptors (Lipinski definition) is 5. The van der Waals surface area contributed by atoms with Gasteiger partial charge in [-0.1, -0.05) is 12.1 Å². The van der Waals surface area contributed by atoms with Gasteiger partial charge >= 0.3 is 0 Å². The average Bonchev–Trinajstić information content (AvgIpc) is 2.59. The molecule has 0 atom stereocenters. The van der Waals surface area contributed by atoms with Gasteiger partial charge in [0, 0.05) is 12.2 Å². The predicted octanol–water partition coefficient (Wildman–Crippen LogP) is 2.12. The Bertz CT molecular complexity index is 963. The Hall–Kier alpha value is -2.87. The second kappa shape index (κ2) is 7.79. The zero-order chi connectivity index (χ0) is 19.6. The molecule has 0 saturated carbocycles. The number of aromatic nitrogens is 2. The summed E-state index contributed by atoms with van der Waals surface area (Å²) in [4.78, 5) is 39.4. The van der Waals surface area contributed by atoms with Gasteiger partial charge in [-0.2, -0.15) is 5.10 Å². The van der Waals surface area contributed by atoms with Crippen molar-refractivity contribution >= 4 is 35.0 Å². The van der Waals surface area contributed by atoms with Crippen molar-refractivity contribution in [1.29, 1.82) is 0 Å². The summed E-state index contributed by atoms with van der Waals surface area (Å²) in [6, 6.07) is 5.72. The van der Waals surface area contributed by atoms with Crippen LogP contribution in [-0.2, 0) is 16.1 Å². The molecule has 0 aliphatic carbocycles. The Morgan fingerprint density at radius 2 is 2.00 bits per heavy atom. The number of carbonyl (C=O) groups excluding carboxylic acids is 2. The van der Waals surface area contributed by atoms with E-state index in [1.165, 1.54) is 22.9 Å². The van der Waals surface area contributed by atoms with E-state index in [1.807, 2.05) is 32.0 Å². The fraction of sp³-hybridized carbons (Fsp3) is 0.263. The third kappa shape index (κ3) is 4.11. The van der Waals surface area contributed by atoms with Crippen LogP contribution in [0.2, 0.25) is 0 Å². The number of thioether (sulfide) groups is 1. The highest BCUT2D eigenvalue weighted by molar-refractivity contribution is 8.00. The summed E-state index contributed by atoms with van der Waals surface area (Å²) in [5, 5.41) is 6.87. The zero-order valence-corrected chi connectivity index (χ0v) is 16.0. The number of nitrogens with one attached hydrogen (secondary N) is 1. The van der Waals surface area contributed by atoms with Crippen LogP contribution in [0.3, 0.4) is 0 Å². The Balaban J connectivity index is 1.85. The Kier molecular flexibility index (Phi) is 5.46. The molecule has 2 heterocycles. The van der Waals surface area contributed by atoms with Crippen LogP contribution in [0.5, 0.6) is 0 Å². The number of fused-ring (bicyclic) bond motifs is 1. The topological polar surface area (TPSA) is 84.3 Å². The van der Waals surface area contributed by atoms with Crippen molar-refractivity contribution in [2.75, 3.05) is 22.5 Å². The third-order valence-corrected chi connectivity index (χ3v) is 5.02. The number of carbonyl (C=O) groups is 2. The van der Waals surface area contributed by atoms with Crippen LogP contribution in [0.4, 0.5) is 11.4 Å². The summed E-state index contributed by atoms with van der Waals surface area (Å²) >= 11 is 1.27. The number of nitrogens with zero attached hydrogens (tertiary/aromatic N) is 3. The molecule has 1 aliphatic heterocycles. The molecule has 1 aromatic carbocycles. The van der Waals surface area contributed by atoms with E-state index < -0.39 is 5.56 Å². The van der Waals surface area contributed by atoms with Crippen molar-refractivity contribution in [3.8, 4) is 0 Å². The van der Waals surface area contributed by atoms with Gasteiger partial charge in [0.25, 0.3) is 5.56 Å². The molecule has 27 heavy (non-hydrogen) atoms. The number of anilines is 2. The second-order valence-electron chi connectivity index (χ2n) is 6.33. The lowest BCUT2D eigenvalue weighted by atomic mass is 10.1. The minimum absolute atomic E-state index is 0.165. The van der Waals surface area contributed by atoms with Crippen molar-refractivity contribution < 1.29 is 9.59 Å². The summed E-state index contributed by atoms with van der Waals surface area (Å²) in [7, 11) is 0. The Morgan fingerprint density at radius 1 is 1.30 bits per heavy atom. The molecular formula is C19H20N4O3S. The van der Waals surface area contributed by atoms with Crippen molar-refractivity contribution in [2.45, 2.75) is 25.3 Å². The molecule has 0 saturated heterocycles. The van der Waals surface area contributed by atoms with Gasteiger partial charge in [0.1, 0.15) is 12.2 Å². The minimum atomic E-state index is -0.467. The van der Waals surface area contributed by atoms with E-state index in [-0.39, 0.29) is 36.3 Å². The molecule has 0 fully saturated rings. The maximum atomic E-state index is 12.8.